The van der Waals surface area contributed by atoms with E-state index in [0.717, 1.165) is 31.2 Å². The molecule has 0 unspecified atom stereocenters. The van der Waals surface area contributed by atoms with Crippen LogP contribution in [0, 0.1) is 0 Å². The van der Waals surface area contributed by atoms with Crippen molar-refractivity contribution in [1.29, 1.82) is 0 Å². The van der Waals surface area contributed by atoms with Gasteiger partial charge in [0.05, 0.1) is 18.5 Å². The van der Waals surface area contributed by atoms with Gasteiger partial charge in [0, 0.05) is 35.3 Å². The van der Waals surface area contributed by atoms with Gasteiger partial charge < -0.3 is 25.4 Å². The Morgan fingerprint density at radius 3 is 1.95 bits per heavy atom. The normalized spacial score (nSPS) is 14.4. The number of methoxy groups -OCH3 is 1. The number of phenols is 1. The summed E-state index contributed by atoms with van der Waals surface area (Å²) >= 11 is 0. The van der Waals surface area contributed by atoms with Gasteiger partial charge in [-0.15, -0.1) is 0 Å². The number of carbonyl (C=O) groups is 2. The number of urea groups is 1. The van der Waals surface area contributed by atoms with Gasteiger partial charge in [-0.05, 0) is 53.5 Å². The first-order valence-corrected chi connectivity index (χ1v) is 15.8. The summed E-state index contributed by atoms with van der Waals surface area (Å²) in [6, 6.07) is 18.8. The zero-order valence-corrected chi connectivity index (χ0v) is 27.4. The van der Waals surface area contributed by atoms with Gasteiger partial charge in [-0.1, -0.05) is 97.6 Å². The highest BCUT2D eigenvalue weighted by molar-refractivity contribution is 6.07. The van der Waals surface area contributed by atoms with E-state index >= 15 is 0 Å². The van der Waals surface area contributed by atoms with Crippen LogP contribution in [0.25, 0.3) is 0 Å². The molecular weight excluding hydrogens is 550 g/mol. The maximum atomic E-state index is 14.0. The molecule has 3 aromatic rings. The van der Waals surface area contributed by atoms with Gasteiger partial charge in [-0.3, -0.25) is 4.79 Å². The molecule has 0 radical (unpaired) electrons. The van der Waals surface area contributed by atoms with E-state index in [-0.39, 0.29) is 34.6 Å². The second-order valence-electron chi connectivity index (χ2n) is 14.0. The Balaban J connectivity index is 1.67. The molecule has 0 aromatic heterocycles. The molecule has 44 heavy (non-hydrogen) atoms. The van der Waals surface area contributed by atoms with Crippen molar-refractivity contribution in [2.45, 2.75) is 103 Å². The van der Waals surface area contributed by atoms with E-state index in [1.165, 1.54) is 12.8 Å². The molecule has 3 aromatic carbocycles. The molecule has 1 aliphatic rings. The van der Waals surface area contributed by atoms with Gasteiger partial charge in [0.1, 0.15) is 11.5 Å². The first kappa shape index (κ1) is 32.9. The molecule has 4 rings (SSSR count). The summed E-state index contributed by atoms with van der Waals surface area (Å²) in [6.45, 7) is 12.6. The third-order valence-electron chi connectivity index (χ3n) is 8.43. The fraction of sp³-hybridized carbons (Fsp3) is 0.459. The molecule has 0 atom stereocenters. The van der Waals surface area contributed by atoms with Gasteiger partial charge in [0.15, 0.2) is 0 Å². The number of phenolic OH excluding ortho intramolecular Hbond substituents is 1. The van der Waals surface area contributed by atoms with Gasteiger partial charge in [-0.2, -0.15) is 0 Å². The second kappa shape index (κ2) is 13.7. The number of hydrogen-bond acceptors (Lipinski definition) is 4. The molecule has 0 spiro atoms. The van der Waals surface area contributed by atoms with Crippen LogP contribution in [-0.4, -0.2) is 35.1 Å². The lowest BCUT2D eigenvalue weighted by atomic mass is 9.78. The second-order valence-corrected chi connectivity index (χ2v) is 14.0. The summed E-state index contributed by atoms with van der Waals surface area (Å²) < 4.78 is 5.47. The van der Waals surface area contributed by atoms with Crippen LogP contribution in [0.2, 0.25) is 0 Å². The molecule has 1 aliphatic carbocycles. The van der Waals surface area contributed by atoms with Crippen molar-refractivity contribution in [1.82, 2.24) is 4.90 Å². The van der Waals surface area contributed by atoms with E-state index in [1.807, 2.05) is 76.8 Å². The van der Waals surface area contributed by atoms with E-state index in [0.29, 0.717) is 40.4 Å². The molecule has 0 bridgehead atoms. The lowest BCUT2D eigenvalue weighted by molar-refractivity contribution is 0.102. The Bertz CT molecular complexity index is 1410. The molecule has 3 amide bonds. The standard InChI is InChI=1S/C37H49N3O4/c1-36(2,3)29-21-26(22-30(33(29)41)37(4,5)6)34(42)38-32-23-28(44-7)19-20-31(32)39-35(43)40(24-25-15-11-10-12-16-25)27-17-13-8-9-14-18-27/h10-12,15-16,19-23,27,41H,8-9,13-14,17-18,24H2,1-7H3,(H,38,42)(H,39,43). The number of amides is 3. The minimum Gasteiger partial charge on any atom is -0.507 e. The zero-order chi connectivity index (χ0) is 32.1. The molecule has 7 heteroatoms. The largest absolute Gasteiger partial charge is 0.507 e. The monoisotopic (exact) mass is 599 g/mol. The Morgan fingerprint density at radius 2 is 1.41 bits per heavy atom. The highest BCUT2D eigenvalue weighted by Crippen LogP contribution is 2.40. The lowest BCUT2D eigenvalue weighted by Gasteiger charge is -2.32. The van der Waals surface area contributed by atoms with Crippen LogP contribution in [0.1, 0.15) is 107 Å². The van der Waals surface area contributed by atoms with Crippen molar-refractivity contribution in [2.24, 2.45) is 0 Å². The van der Waals surface area contributed by atoms with Crippen LogP contribution in [0.4, 0.5) is 16.2 Å². The quantitative estimate of drug-likeness (QED) is 0.236. The van der Waals surface area contributed by atoms with E-state index in [9.17, 15) is 14.7 Å². The first-order valence-electron chi connectivity index (χ1n) is 15.8. The number of nitrogens with zero attached hydrogens (tertiary/aromatic N) is 1. The number of rotatable bonds is 7. The highest BCUT2D eigenvalue weighted by atomic mass is 16.5. The average molecular weight is 600 g/mol. The number of ether oxygens (including phenoxy) is 1. The van der Waals surface area contributed by atoms with Crippen LogP contribution in [0.15, 0.2) is 60.7 Å². The Morgan fingerprint density at radius 1 is 0.818 bits per heavy atom. The van der Waals surface area contributed by atoms with Gasteiger partial charge in [0.25, 0.3) is 5.91 Å². The van der Waals surface area contributed by atoms with Crippen molar-refractivity contribution in [3.8, 4) is 11.5 Å². The number of carbonyl (C=O) groups excluding carboxylic acids is 2. The Labute approximate surface area is 263 Å². The zero-order valence-electron chi connectivity index (χ0n) is 27.4. The minimum absolute atomic E-state index is 0.137. The van der Waals surface area contributed by atoms with Crippen LogP contribution >= 0.6 is 0 Å². The van der Waals surface area contributed by atoms with Gasteiger partial charge in [-0.25, -0.2) is 4.79 Å². The molecule has 7 nitrogen and oxygen atoms in total. The first-order chi connectivity index (χ1) is 20.8. The summed E-state index contributed by atoms with van der Waals surface area (Å²) in [6.07, 6.45) is 6.53. The SMILES string of the molecule is COc1ccc(NC(=O)N(Cc2ccccc2)C2CCCCCC2)c(NC(=O)c2cc(C(C)(C)C)c(O)c(C(C)(C)C)c2)c1. The number of anilines is 2. The molecule has 1 fully saturated rings. The Kier molecular flexibility index (Phi) is 10.3. The predicted octanol–water partition coefficient (Wildman–Crippen LogP) is 9.01. The molecule has 0 saturated heterocycles. The van der Waals surface area contributed by atoms with Crippen molar-refractivity contribution in [3.05, 3.63) is 82.9 Å². The van der Waals surface area contributed by atoms with Gasteiger partial charge >= 0.3 is 6.03 Å². The fourth-order valence-electron chi connectivity index (χ4n) is 5.87. The smallest absolute Gasteiger partial charge is 0.322 e. The van der Waals surface area contributed by atoms with Crippen LogP contribution < -0.4 is 15.4 Å². The van der Waals surface area contributed by atoms with Crippen LogP contribution in [0.3, 0.4) is 0 Å². The number of benzene rings is 3. The number of aromatic hydroxyl groups is 1. The molecular formula is C37H49N3O4. The maximum Gasteiger partial charge on any atom is 0.322 e. The van der Waals surface area contributed by atoms with Crippen molar-refractivity contribution in [2.75, 3.05) is 17.7 Å². The van der Waals surface area contributed by atoms with Gasteiger partial charge in [0.2, 0.25) is 0 Å². The molecule has 0 heterocycles. The van der Waals surface area contributed by atoms with Crippen LogP contribution in [0.5, 0.6) is 11.5 Å². The van der Waals surface area contributed by atoms with Crippen molar-refractivity contribution < 1.29 is 19.4 Å². The summed E-state index contributed by atoms with van der Waals surface area (Å²) in [5.41, 5.74) is 3.08. The van der Waals surface area contributed by atoms with E-state index < -0.39 is 0 Å². The lowest BCUT2D eigenvalue weighted by Crippen LogP contribution is -2.42. The summed E-state index contributed by atoms with van der Waals surface area (Å²) in [4.78, 5) is 29.8. The average Bonchev–Trinajstić information content (AvgIpc) is 3.25. The van der Waals surface area contributed by atoms with E-state index in [1.54, 1.807) is 37.4 Å². The predicted molar refractivity (Wildman–Crippen MR) is 179 cm³/mol. The fourth-order valence-corrected chi connectivity index (χ4v) is 5.87. The maximum absolute atomic E-state index is 14.0. The number of hydrogen-bond donors (Lipinski definition) is 3. The summed E-state index contributed by atoms with van der Waals surface area (Å²) in [5.74, 6) is 0.433. The topological polar surface area (TPSA) is 90.9 Å². The summed E-state index contributed by atoms with van der Waals surface area (Å²) in [7, 11) is 1.57. The molecule has 1 saturated carbocycles. The van der Waals surface area contributed by atoms with E-state index in [4.69, 9.17) is 4.74 Å². The molecule has 236 valence electrons. The van der Waals surface area contributed by atoms with Crippen molar-refractivity contribution in [3.63, 3.8) is 0 Å². The molecule has 3 N–H and O–H groups in total. The third kappa shape index (κ3) is 8.13. The third-order valence-corrected chi connectivity index (χ3v) is 8.43. The van der Waals surface area contributed by atoms with E-state index in [2.05, 4.69) is 10.6 Å². The van der Waals surface area contributed by atoms with Crippen LogP contribution in [-0.2, 0) is 17.4 Å². The number of nitrogens with one attached hydrogen (secondary N) is 2. The highest BCUT2D eigenvalue weighted by Gasteiger charge is 2.29. The van der Waals surface area contributed by atoms with Crippen molar-refractivity contribution >= 4 is 23.3 Å². The minimum atomic E-state index is -0.379. The molecule has 0 aliphatic heterocycles. The Hall–Kier alpha value is -4.00. The summed E-state index contributed by atoms with van der Waals surface area (Å²) in [5, 5.41) is 17.3.